The third kappa shape index (κ3) is 3.64. The Balaban J connectivity index is 2.81. The van der Waals surface area contributed by atoms with Gasteiger partial charge in [0.25, 0.3) is 5.91 Å². The van der Waals surface area contributed by atoms with Crippen LogP contribution in [0.1, 0.15) is 10.4 Å². The largest absolute Gasteiger partial charge is 0.368 e. The second kappa shape index (κ2) is 5.27. The Labute approximate surface area is 103 Å². The fourth-order valence-electron chi connectivity index (χ4n) is 0.934. The lowest BCUT2D eigenvalue weighted by Crippen LogP contribution is -2.33. The van der Waals surface area contributed by atoms with E-state index in [1.54, 1.807) is 18.2 Å². The lowest BCUT2D eigenvalue weighted by Gasteiger charge is -2.05. The Morgan fingerprint density at radius 1 is 1.33 bits per heavy atom. The van der Waals surface area contributed by atoms with Crippen LogP contribution in [0.3, 0.4) is 0 Å². The molecule has 0 heterocycles. The van der Waals surface area contributed by atoms with Crippen LogP contribution in [0, 0.1) is 0 Å². The van der Waals surface area contributed by atoms with Gasteiger partial charge < -0.3 is 11.1 Å². The van der Waals surface area contributed by atoms with Crippen molar-refractivity contribution in [3.8, 4) is 0 Å². The van der Waals surface area contributed by atoms with E-state index in [-0.39, 0.29) is 12.5 Å². The molecule has 0 spiro atoms. The van der Waals surface area contributed by atoms with E-state index in [2.05, 4.69) is 37.2 Å². The lowest BCUT2D eigenvalue weighted by molar-refractivity contribution is -0.117. The maximum atomic E-state index is 11.6. The zero-order chi connectivity index (χ0) is 11.4. The number of carbonyl (C=O) groups excluding carboxylic acids is 2. The highest BCUT2D eigenvalue weighted by atomic mass is 79.9. The van der Waals surface area contributed by atoms with Crippen LogP contribution < -0.4 is 11.1 Å². The number of carbonyl (C=O) groups is 2. The van der Waals surface area contributed by atoms with E-state index in [1.165, 1.54) is 0 Å². The maximum absolute atomic E-state index is 11.6. The smallest absolute Gasteiger partial charge is 0.252 e. The molecule has 6 heteroatoms. The number of amides is 2. The van der Waals surface area contributed by atoms with Gasteiger partial charge in [-0.2, -0.15) is 0 Å². The van der Waals surface area contributed by atoms with Crippen LogP contribution in [0.5, 0.6) is 0 Å². The summed E-state index contributed by atoms with van der Waals surface area (Å²) in [6, 6.07) is 5.19. The summed E-state index contributed by atoms with van der Waals surface area (Å²) in [5, 5.41) is 2.40. The molecule has 0 bridgehead atoms. The molecule has 0 aliphatic carbocycles. The second-order valence-corrected chi connectivity index (χ2v) is 4.54. The van der Waals surface area contributed by atoms with E-state index >= 15 is 0 Å². The van der Waals surface area contributed by atoms with Gasteiger partial charge in [-0.15, -0.1) is 0 Å². The molecule has 80 valence electrons. The van der Waals surface area contributed by atoms with Crippen LogP contribution in [-0.4, -0.2) is 18.4 Å². The standard InChI is InChI=1S/C9H8Br2N2O2/c10-5-1-2-7(11)6(3-5)9(15)13-4-8(12)14/h1-3H,4H2,(H2,12,14)(H,13,15). The van der Waals surface area contributed by atoms with Gasteiger partial charge in [-0.05, 0) is 34.1 Å². The number of hydrogen-bond donors (Lipinski definition) is 2. The molecule has 0 radical (unpaired) electrons. The van der Waals surface area contributed by atoms with Crippen molar-refractivity contribution >= 4 is 43.7 Å². The third-order valence-electron chi connectivity index (χ3n) is 1.60. The first-order valence-electron chi connectivity index (χ1n) is 4.02. The maximum Gasteiger partial charge on any atom is 0.252 e. The van der Waals surface area contributed by atoms with Gasteiger partial charge in [-0.25, -0.2) is 0 Å². The molecular weight excluding hydrogens is 328 g/mol. The average molecular weight is 336 g/mol. The van der Waals surface area contributed by atoms with Crippen molar-refractivity contribution in [3.63, 3.8) is 0 Å². The summed E-state index contributed by atoms with van der Waals surface area (Å²) in [6.45, 7) is -0.169. The molecule has 2 amide bonds. The van der Waals surface area contributed by atoms with Crippen LogP contribution >= 0.6 is 31.9 Å². The van der Waals surface area contributed by atoms with Crippen molar-refractivity contribution < 1.29 is 9.59 Å². The molecule has 0 fully saturated rings. The van der Waals surface area contributed by atoms with Crippen LogP contribution in [0.25, 0.3) is 0 Å². The van der Waals surface area contributed by atoms with Gasteiger partial charge in [0, 0.05) is 8.95 Å². The molecule has 1 rings (SSSR count). The summed E-state index contributed by atoms with van der Waals surface area (Å²) in [7, 11) is 0. The number of rotatable bonds is 3. The Hall–Kier alpha value is -0.880. The number of hydrogen-bond acceptors (Lipinski definition) is 2. The van der Waals surface area contributed by atoms with Gasteiger partial charge in [0.05, 0.1) is 12.1 Å². The highest BCUT2D eigenvalue weighted by Crippen LogP contribution is 2.21. The van der Waals surface area contributed by atoms with E-state index in [1.807, 2.05) is 0 Å². The normalized spacial score (nSPS) is 9.73. The molecule has 0 unspecified atom stereocenters. The Kier molecular flexibility index (Phi) is 4.28. The zero-order valence-electron chi connectivity index (χ0n) is 7.59. The minimum atomic E-state index is -0.575. The fourth-order valence-corrected chi connectivity index (χ4v) is 1.72. The number of nitrogens with two attached hydrogens (primary N) is 1. The SMILES string of the molecule is NC(=O)CNC(=O)c1cc(Br)ccc1Br. The summed E-state index contributed by atoms with van der Waals surface area (Å²) < 4.78 is 1.45. The Morgan fingerprint density at radius 2 is 2.00 bits per heavy atom. The summed E-state index contributed by atoms with van der Waals surface area (Å²) in [4.78, 5) is 22.0. The van der Waals surface area contributed by atoms with Gasteiger partial charge in [0.2, 0.25) is 5.91 Å². The fraction of sp³-hybridized carbons (Fsp3) is 0.111. The topological polar surface area (TPSA) is 72.2 Å². The molecule has 0 aliphatic heterocycles. The van der Waals surface area contributed by atoms with E-state index < -0.39 is 5.91 Å². The van der Waals surface area contributed by atoms with Crippen molar-refractivity contribution in [1.82, 2.24) is 5.32 Å². The number of benzene rings is 1. The molecule has 3 N–H and O–H groups in total. The molecule has 0 atom stereocenters. The monoisotopic (exact) mass is 334 g/mol. The first kappa shape index (κ1) is 12.2. The molecule has 0 aromatic heterocycles. The highest BCUT2D eigenvalue weighted by molar-refractivity contribution is 9.11. The second-order valence-electron chi connectivity index (χ2n) is 2.77. The van der Waals surface area contributed by atoms with E-state index in [9.17, 15) is 9.59 Å². The number of halogens is 2. The van der Waals surface area contributed by atoms with Crippen LogP contribution in [0.2, 0.25) is 0 Å². The van der Waals surface area contributed by atoms with Gasteiger partial charge in [0.1, 0.15) is 0 Å². The summed E-state index contributed by atoms with van der Waals surface area (Å²) >= 11 is 6.49. The van der Waals surface area contributed by atoms with Crippen molar-refractivity contribution in [3.05, 3.63) is 32.7 Å². The first-order chi connectivity index (χ1) is 7.00. The quantitative estimate of drug-likeness (QED) is 0.877. The van der Waals surface area contributed by atoms with Gasteiger partial charge in [0.15, 0.2) is 0 Å². The molecule has 0 aliphatic rings. The minimum Gasteiger partial charge on any atom is -0.368 e. The zero-order valence-corrected chi connectivity index (χ0v) is 10.8. The summed E-state index contributed by atoms with van der Waals surface area (Å²) in [5.74, 6) is -0.920. The predicted octanol–water partition coefficient (Wildman–Crippen LogP) is 1.43. The first-order valence-corrected chi connectivity index (χ1v) is 5.61. The van der Waals surface area contributed by atoms with Crippen molar-refractivity contribution in [2.24, 2.45) is 5.73 Å². The number of primary amides is 1. The van der Waals surface area contributed by atoms with Crippen molar-refractivity contribution in [1.29, 1.82) is 0 Å². The predicted molar refractivity (Wildman–Crippen MR) is 63.4 cm³/mol. The van der Waals surface area contributed by atoms with E-state index in [0.29, 0.717) is 10.0 Å². The Bertz CT molecular complexity index is 407. The van der Waals surface area contributed by atoms with E-state index in [4.69, 9.17) is 5.73 Å². The lowest BCUT2D eigenvalue weighted by atomic mass is 10.2. The Morgan fingerprint density at radius 3 is 2.60 bits per heavy atom. The van der Waals surface area contributed by atoms with Crippen LogP contribution in [-0.2, 0) is 4.79 Å². The molecule has 0 saturated carbocycles. The highest BCUT2D eigenvalue weighted by Gasteiger charge is 2.10. The summed E-state index contributed by atoms with van der Waals surface area (Å²) in [6.07, 6.45) is 0. The van der Waals surface area contributed by atoms with Gasteiger partial charge in [-0.3, -0.25) is 9.59 Å². The summed E-state index contributed by atoms with van der Waals surface area (Å²) in [5.41, 5.74) is 5.36. The third-order valence-corrected chi connectivity index (χ3v) is 2.78. The molecule has 15 heavy (non-hydrogen) atoms. The van der Waals surface area contributed by atoms with Gasteiger partial charge in [-0.1, -0.05) is 15.9 Å². The minimum absolute atomic E-state index is 0.169. The van der Waals surface area contributed by atoms with Crippen molar-refractivity contribution in [2.45, 2.75) is 0 Å². The van der Waals surface area contributed by atoms with E-state index in [0.717, 1.165) is 4.47 Å². The molecule has 1 aromatic carbocycles. The molecular formula is C9H8Br2N2O2. The number of nitrogens with one attached hydrogen (secondary N) is 1. The van der Waals surface area contributed by atoms with Crippen molar-refractivity contribution in [2.75, 3.05) is 6.54 Å². The molecule has 1 aromatic rings. The van der Waals surface area contributed by atoms with Crippen LogP contribution in [0.15, 0.2) is 27.1 Å². The molecule has 4 nitrogen and oxygen atoms in total. The van der Waals surface area contributed by atoms with Crippen LogP contribution in [0.4, 0.5) is 0 Å². The van der Waals surface area contributed by atoms with Gasteiger partial charge >= 0.3 is 0 Å². The molecule has 0 saturated heterocycles. The average Bonchev–Trinajstić information content (AvgIpc) is 2.18.